The minimum absolute atomic E-state index is 0.132. The predicted molar refractivity (Wildman–Crippen MR) is 77.2 cm³/mol. The lowest BCUT2D eigenvalue weighted by Gasteiger charge is -2.20. The molecule has 0 spiro atoms. The Bertz CT molecular complexity index is 498. The highest BCUT2D eigenvalue weighted by atomic mass is 16.5. The van der Waals surface area contributed by atoms with Crippen molar-refractivity contribution in [2.45, 2.75) is 33.4 Å². The van der Waals surface area contributed by atoms with Gasteiger partial charge < -0.3 is 15.8 Å². The molecule has 1 aromatic rings. The Morgan fingerprint density at radius 1 is 1.35 bits per heavy atom. The number of hydrogen-bond acceptors (Lipinski definition) is 4. The number of nitrogens with one attached hydrogen (secondary N) is 1. The first-order chi connectivity index (χ1) is 9.36. The number of hydrogen-bond donors (Lipinski definition) is 2. The highest BCUT2D eigenvalue weighted by molar-refractivity contribution is 5.93. The molecule has 0 saturated heterocycles. The monoisotopic (exact) mass is 278 g/mol. The van der Waals surface area contributed by atoms with Gasteiger partial charge in [-0.15, -0.1) is 0 Å². The molecule has 3 N–H and O–H groups in total. The molecule has 5 heteroatoms. The van der Waals surface area contributed by atoms with Crippen LogP contribution in [-0.2, 0) is 16.1 Å². The van der Waals surface area contributed by atoms with Crippen LogP contribution in [0.4, 0.5) is 0 Å². The summed E-state index contributed by atoms with van der Waals surface area (Å²) < 4.78 is 4.78. The van der Waals surface area contributed by atoms with E-state index in [1.807, 2.05) is 26.8 Å². The lowest BCUT2D eigenvalue weighted by atomic mass is 10.0. The van der Waals surface area contributed by atoms with E-state index >= 15 is 0 Å². The Labute approximate surface area is 119 Å². The summed E-state index contributed by atoms with van der Waals surface area (Å²) in [6.45, 7) is 6.35. The zero-order chi connectivity index (χ0) is 15.3. The van der Waals surface area contributed by atoms with E-state index in [0.29, 0.717) is 12.1 Å². The first-order valence-corrected chi connectivity index (χ1v) is 6.57. The van der Waals surface area contributed by atoms with Gasteiger partial charge in [0.1, 0.15) is 6.04 Å². The molecule has 1 unspecified atom stereocenters. The normalized spacial score (nSPS) is 12.2. The van der Waals surface area contributed by atoms with Gasteiger partial charge >= 0.3 is 5.97 Å². The summed E-state index contributed by atoms with van der Waals surface area (Å²) in [5, 5.41) is 3.18. The number of amides is 1. The molecule has 0 saturated carbocycles. The van der Waals surface area contributed by atoms with E-state index in [4.69, 9.17) is 10.5 Å². The van der Waals surface area contributed by atoms with E-state index in [2.05, 4.69) is 5.32 Å². The molecule has 0 bridgehead atoms. The van der Waals surface area contributed by atoms with Gasteiger partial charge in [0.2, 0.25) is 5.91 Å². The third-order valence-electron chi connectivity index (χ3n) is 3.26. The van der Waals surface area contributed by atoms with Crippen LogP contribution in [0.2, 0.25) is 0 Å². The second kappa shape index (κ2) is 7.05. The van der Waals surface area contributed by atoms with Gasteiger partial charge in [-0.05, 0) is 36.1 Å². The topological polar surface area (TPSA) is 81.4 Å². The molecule has 1 aromatic carbocycles. The SMILES string of the molecule is COC(=O)C(NCc1ccc(C(N)=O)cc1C)C(C)C. The largest absolute Gasteiger partial charge is 0.468 e. The van der Waals surface area contributed by atoms with Crippen LogP contribution in [0.1, 0.15) is 35.3 Å². The van der Waals surface area contributed by atoms with Gasteiger partial charge in [0.05, 0.1) is 7.11 Å². The van der Waals surface area contributed by atoms with Gasteiger partial charge in [-0.25, -0.2) is 0 Å². The van der Waals surface area contributed by atoms with Crippen molar-refractivity contribution in [2.24, 2.45) is 11.7 Å². The average molecular weight is 278 g/mol. The highest BCUT2D eigenvalue weighted by Crippen LogP contribution is 2.12. The zero-order valence-electron chi connectivity index (χ0n) is 12.4. The Kier molecular flexibility index (Phi) is 5.70. The van der Waals surface area contributed by atoms with Gasteiger partial charge in [0, 0.05) is 12.1 Å². The third-order valence-corrected chi connectivity index (χ3v) is 3.26. The van der Waals surface area contributed by atoms with Crippen LogP contribution in [0.3, 0.4) is 0 Å². The molecule has 0 fully saturated rings. The van der Waals surface area contributed by atoms with Crippen molar-refractivity contribution < 1.29 is 14.3 Å². The van der Waals surface area contributed by atoms with Gasteiger partial charge in [-0.1, -0.05) is 19.9 Å². The molecule has 0 radical (unpaired) electrons. The second-order valence-electron chi connectivity index (χ2n) is 5.13. The minimum Gasteiger partial charge on any atom is -0.468 e. The van der Waals surface area contributed by atoms with Crippen LogP contribution in [0.15, 0.2) is 18.2 Å². The van der Waals surface area contributed by atoms with Crippen molar-refractivity contribution in [3.8, 4) is 0 Å². The summed E-state index contributed by atoms with van der Waals surface area (Å²) in [6.07, 6.45) is 0. The minimum atomic E-state index is -0.442. The van der Waals surface area contributed by atoms with Crippen LogP contribution in [0.25, 0.3) is 0 Å². The smallest absolute Gasteiger partial charge is 0.323 e. The molecule has 1 rings (SSSR count). The van der Waals surface area contributed by atoms with Crippen LogP contribution in [0, 0.1) is 12.8 Å². The van der Waals surface area contributed by atoms with Crippen molar-refractivity contribution in [3.63, 3.8) is 0 Å². The van der Waals surface area contributed by atoms with Crippen molar-refractivity contribution in [1.82, 2.24) is 5.32 Å². The quantitative estimate of drug-likeness (QED) is 0.770. The van der Waals surface area contributed by atoms with Gasteiger partial charge in [0.15, 0.2) is 0 Å². The molecule has 0 aliphatic rings. The zero-order valence-corrected chi connectivity index (χ0v) is 12.4. The lowest BCUT2D eigenvalue weighted by Crippen LogP contribution is -2.41. The number of carbonyl (C=O) groups excluding carboxylic acids is 2. The maximum atomic E-state index is 11.7. The maximum absolute atomic E-state index is 11.7. The summed E-state index contributed by atoms with van der Waals surface area (Å²) in [4.78, 5) is 22.8. The van der Waals surface area contributed by atoms with E-state index in [9.17, 15) is 9.59 Å². The number of rotatable bonds is 6. The Hall–Kier alpha value is -1.88. The molecule has 0 aromatic heterocycles. The first-order valence-electron chi connectivity index (χ1n) is 6.57. The fraction of sp³-hybridized carbons (Fsp3) is 0.467. The standard InChI is InChI=1S/C15H22N2O3/c1-9(2)13(15(19)20-4)17-8-12-6-5-11(14(16)18)7-10(12)3/h5-7,9,13,17H,8H2,1-4H3,(H2,16,18). The molecule has 1 atom stereocenters. The summed E-state index contributed by atoms with van der Waals surface area (Å²) in [5.41, 5.74) is 7.70. The Morgan fingerprint density at radius 3 is 2.45 bits per heavy atom. The number of aryl methyl sites for hydroxylation is 1. The second-order valence-corrected chi connectivity index (χ2v) is 5.13. The number of methoxy groups -OCH3 is 1. The fourth-order valence-corrected chi connectivity index (χ4v) is 1.99. The molecule has 0 aliphatic carbocycles. The van der Waals surface area contributed by atoms with Crippen LogP contribution >= 0.6 is 0 Å². The van der Waals surface area contributed by atoms with Crippen molar-refractivity contribution in [2.75, 3.05) is 7.11 Å². The number of esters is 1. The molecule has 20 heavy (non-hydrogen) atoms. The summed E-state index contributed by atoms with van der Waals surface area (Å²) in [7, 11) is 1.38. The fourth-order valence-electron chi connectivity index (χ4n) is 1.99. The van der Waals surface area contributed by atoms with Gasteiger partial charge in [0.25, 0.3) is 0 Å². The summed E-state index contributed by atoms with van der Waals surface area (Å²) in [5.74, 6) is -0.582. The Morgan fingerprint density at radius 2 is 2.00 bits per heavy atom. The van der Waals surface area contributed by atoms with Crippen LogP contribution in [0.5, 0.6) is 0 Å². The first kappa shape index (κ1) is 16.2. The summed E-state index contributed by atoms with van der Waals surface area (Å²) in [6, 6.07) is 4.93. The maximum Gasteiger partial charge on any atom is 0.323 e. The van der Waals surface area contributed by atoms with Gasteiger partial charge in [-0.2, -0.15) is 0 Å². The number of carbonyl (C=O) groups is 2. The number of ether oxygens (including phenoxy) is 1. The molecule has 5 nitrogen and oxygen atoms in total. The third kappa shape index (κ3) is 4.06. The van der Waals surface area contributed by atoms with Gasteiger partial charge in [-0.3, -0.25) is 9.59 Å². The summed E-state index contributed by atoms with van der Waals surface area (Å²) >= 11 is 0. The number of nitrogens with two attached hydrogens (primary N) is 1. The van der Waals surface area contributed by atoms with Crippen molar-refractivity contribution >= 4 is 11.9 Å². The molecule has 1 amide bonds. The van der Waals surface area contributed by atoms with E-state index < -0.39 is 5.91 Å². The average Bonchev–Trinajstić information content (AvgIpc) is 2.39. The van der Waals surface area contributed by atoms with E-state index in [0.717, 1.165) is 11.1 Å². The van der Waals surface area contributed by atoms with E-state index in [-0.39, 0.29) is 17.9 Å². The molecule has 0 aliphatic heterocycles. The van der Waals surface area contributed by atoms with E-state index in [1.54, 1.807) is 12.1 Å². The van der Waals surface area contributed by atoms with Crippen molar-refractivity contribution in [1.29, 1.82) is 0 Å². The highest BCUT2D eigenvalue weighted by Gasteiger charge is 2.22. The van der Waals surface area contributed by atoms with Crippen LogP contribution < -0.4 is 11.1 Å². The number of benzene rings is 1. The Balaban J connectivity index is 2.78. The molecular formula is C15H22N2O3. The molecule has 110 valence electrons. The lowest BCUT2D eigenvalue weighted by molar-refractivity contribution is -0.144. The van der Waals surface area contributed by atoms with Crippen LogP contribution in [-0.4, -0.2) is 25.0 Å². The predicted octanol–water partition coefficient (Wildman–Crippen LogP) is 1.38. The molecular weight excluding hydrogens is 256 g/mol. The number of primary amides is 1. The van der Waals surface area contributed by atoms with E-state index in [1.165, 1.54) is 7.11 Å². The molecule has 0 heterocycles. The van der Waals surface area contributed by atoms with Crippen molar-refractivity contribution in [3.05, 3.63) is 34.9 Å².